The van der Waals surface area contributed by atoms with Crippen LogP contribution in [0.15, 0.2) is 30.0 Å². The number of para-hydroxylation sites is 1. The summed E-state index contributed by atoms with van der Waals surface area (Å²) in [5.74, 6) is 0.0819. The van der Waals surface area contributed by atoms with Crippen molar-refractivity contribution in [3.8, 4) is 6.07 Å². The molecule has 0 spiro atoms. The van der Waals surface area contributed by atoms with Crippen molar-refractivity contribution in [3.63, 3.8) is 0 Å². The smallest absolute Gasteiger partial charge is 0.138 e. The zero-order valence-corrected chi connectivity index (χ0v) is 12.3. The molecule has 108 valence electrons. The minimum atomic E-state index is 0.0819. The standard InChI is InChI=1S/C15H15N3O2S/c16-9-11(13(19)10-18-5-7-20-8-6-18)15-17-12-3-1-2-4-14(12)21-15/h1-4,19H,5-8,10H2/b13-11-. The summed E-state index contributed by atoms with van der Waals surface area (Å²) in [7, 11) is 0. The summed E-state index contributed by atoms with van der Waals surface area (Å²) >= 11 is 1.43. The third kappa shape index (κ3) is 3.05. The Labute approximate surface area is 126 Å². The van der Waals surface area contributed by atoms with E-state index in [4.69, 9.17) is 4.74 Å². The Morgan fingerprint density at radius 1 is 1.38 bits per heavy atom. The van der Waals surface area contributed by atoms with Gasteiger partial charge in [-0.15, -0.1) is 11.3 Å². The van der Waals surface area contributed by atoms with E-state index in [1.165, 1.54) is 11.3 Å². The molecule has 2 aromatic rings. The molecule has 1 saturated heterocycles. The van der Waals surface area contributed by atoms with Gasteiger partial charge in [-0.25, -0.2) is 4.98 Å². The van der Waals surface area contributed by atoms with E-state index in [2.05, 4.69) is 16.0 Å². The number of rotatable bonds is 3. The Kier molecular flexibility index (Phi) is 4.15. The van der Waals surface area contributed by atoms with Crippen molar-refractivity contribution in [1.29, 1.82) is 5.26 Å². The van der Waals surface area contributed by atoms with E-state index in [9.17, 15) is 10.4 Å². The normalized spacial score (nSPS) is 17.5. The van der Waals surface area contributed by atoms with Crippen LogP contribution in [0.3, 0.4) is 0 Å². The Balaban J connectivity index is 1.88. The number of aliphatic hydroxyl groups is 1. The van der Waals surface area contributed by atoms with E-state index >= 15 is 0 Å². The second kappa shape index (κ2) is 6.22. The van der Waals surface area contributed by atoms with Crippen LogP contribution in [0.5, 0.6) is 0 Å². The highest BCUT2D eigenvalue weighted by molar-refractivity contribution is 7.19. The summed E-state index contributed by atoms with van der Waals surface area (Å²) in [6.07, 6.45) is 0. The van der Waals surface area contributed by atoms with Crippen molar-refractivity contribution in [2.75, 3.05) is 32.8 Å². The van der Waals surface area contributed by atoms with E-state index in [1.807, 2.05) is 24.3 Å². The van der Waals surface area contributed by atoms with Crippen molar-refractivity contribution < 1.29 is 9.84 Å². The topological polar surface area (TPSA) is 69.4 Å². The van der Waals surface area contributed by atoms with Crippen LogP contribution in [0.4, 0.5) is 0 Å². The van der Waals surface area contributed by atoms with Crippen LogP contribution in [0.25, 0.3) is 15.8 Å². The number of benzene rings is 1. The molecular weight excluding hydrogens is 286 g/mol. The van der Waals surface area contributed by atoms with Gasteiger partial charge in [0.05, 0.1) is 30.0 Å². The molecule has 0 aliphatic carbocycles. The largest absolute Gasteiger partial charge is 0.509 e. The lowest BCUT2D eigenvalue weighted by Gasteiger charge is -2.26. The molecule has 0 saturated carbocycles. The molecule has 5 nitrogen and oxygen atoms in total. The molecule has 3 rings (SSSR count). The van der Waals surface area contributed by atoms with Crippen LogP contribution >= 0.6 is 11.3 Å². The predicted molar refractivity (Wildman–Crippen MR) is 82.0 cm³/mol. The zero-order valence-electron chi connectivity index (χ0n) is 11.5. The first-order valence-electron chi connectivity index (χ1n) is 6.76. The van der Waals surface area contributed by atoms with Gasteiger partial charge in [-0.2, -0.15) is 5.26 Å². The highest BCUT2D eigenvalue weighted by Gasteiger charge is 2.17. The Hall–Kier alpha value is -1.94. The van der Waals surface area contributed by atoms with Crippen LogP contribution in [-0.2, 0) is 4.74 Å². The van der Waals surface area contributed by atoms with Gasteiger partial charge in [0.25, 0.3) is 0 Å². The fourth-order valence-corrected chi connectivity index (χ4v) is 3.25. The van der Waals surface area contributed by atoms with Gasteiger partial charge in [-0.3, -0.25) is 4.90 Å². The maximum absolute atomic E-state index is 10.3. The van der Waals surface area contributed by atoms with E-state index < -0.39 is 0 Å². The van der Waals surface area contributed by atoms with Crippen LogP contribution in [0.2, 0.25) is 0 Å². The lowest BCUT2D eigenvalue weighted by molar-refractivity contribution is 0.0381. The van der Waals surface area contributed by atoms with Crippen molar-refractivity contribution in [3.05, 3.63) is 35.0 Å². The highest BCUT2D eigenvalue weighted by Crippen LogP contribution is 2.28. The van der Waals surface area contributed by atoms with Crippen molar-refractivity contribution >= 4 is 27.1 Å². The van der Waals surface area contributed by atoms with E-state index in [0.29, 0.717) is 24.8 Å². The average Bonchev–Trinajstić information content (AvgIpc) is 2.92. The van der Waals surface area contributed by atoms with Crippen LogP contribution in [0.1, 0.15) is 5.01 Å². The molecule has 1 fully saturated rings. The number of morpholine rings is 1. The first-order chi connectivity index (χ1) is 10.3. The van der Waals surface area contributed by atoms with Gasteiger partial charge in [0.2, 0.25) is 0 Å². The van der Waals surface area contributed by atoms with Gasteiger partial charge in [-0.1, -0.05) is 12.1 Å². The van der Waals surface area contributed by atoms with Gasteiger partial charge in [0.1, 0.15) is 22.4 Å². The third-order valence-electron chi connectivity index (χ3n) is 3.39. The third-order valence-corrected chi connectivity index (χ3v) is 4.44. The molecule has 0 radical (unpaired) electrons. The summed E-state index contributed by atoms with van der Waals surface area (Å²) < 4.78 is 6.29. The van der Waals surface area contributed by atoms with Crippen molar-refractivity contribution in [2.45, 2.75) is 0 Å². The minimum Gasteiger partial charge on any atom is -0.509 e. The molecular formula is C15H15N3O2S. The molecule has 0 amide bonds. The number of hydrogen-bond donors (Lipinski definition) is 1. The van der Waals surface area contributed by atoms with Crippen LogP contribution in [0, 0.1) is 11.3 Å². The number of aliphatic hydroxyl groups excluding tert-OH is 1. The number of hydrogen-bond acceptors (Lipinski definition) is 6. The molecule has 1 aromatic heterocycles. The Morgan fingerprint density at radius 3 is 2.86 bits per heavy atom. The molecule has 0 atom stereocenters. The quantitative estimate of drug-likeness (QED) is 0.696. The number of nitrogens with zero attached hydrogens (tertiary/aromatic N) is 3. The van der Waals surface area contributed by atoms with Gasteiger partial charge >= 0.3 is 0 Å². The zero-order chi connectivity index (χ0) is 14.7. The average molecular weight is 301 g/mol. The molecule has 0 unspecified atom stereocenters. The van der Waals surface area contributed by atoms with Crippen LogP contribution < -0.4 is 0 Å². The summed E-state index contributed by atoms with van der Waals surface area (Å²) in [4.78, 5) is 6.51. The number of ether oxygens (including phenoxy) is 1. The fraction of sp³-hybridized carbons (Fsp3) is 0.333. The maximum Gasteiger partial charge on any atom is 0.138 e. The Morgan fingerprint density at radius 2 is 2.14 bits per heavy atom. The van der Waals surface area contributed by atoms with E-state index in [0.717, 1.165) is 23.3 Å². The predicted octanol–water partition coefficient (Wildman–Crippen LogP) is 2.42. The maximum atomic E-state index is 10.3. The van der Waals surface area contributed by atoms with E-state index in [-0.39, 0.29) is 11.3 Å². The monoisotopic (exact) mass is 301 g/mol. The molecule has 0 bridgehead atoms. The first-order valence-corrected chi connectivity index (χ1v) is 7.58. The minimum absolute atomic E-state index is 0.0819. The van der Waals surface area contributed by atoms with Crippen molar-refractivity contribution in [1.82, 2.24) is 9.88 Å². The van der Waals surface area contributed by atoms with E-state index in [1.54, 1.807) is 0 Å². The first kappa shape index (κ1) is 14.0. The number of allylic oxidation sites excluding steroid dienone is 1. The molecule has 1 aliphatic heterocycles. The fourth-order valence-electron chi connectivity index (χ4n) is 2.27. The molecule has 21 heavy (non-hydrogen) atoms. The van der Waals surface area contributed by atoms with Gasteiger partial charge in [0, 0.05) is 13.1 Å². The number of aromatic nitrogens is 1. The summed E-state index contributed by atoms with van der Waals surface area (Å²) in [5.41, 5.74) is 1.12. The summed E-state index contributed by atoms with van der Waals surface area (Å²) in [5, 5.41) is 20.2. The summed E-state index contributed by atoms with van der Waals surface area (Å²) in [6.45, 7) is 3.22. The molecule has 1 aliphatic rings. The number of nitriles is 1. The van der Waals surface area contributed by atoms with Gasteiger partial charge in [-0.05, 0) is 12.1 Å². The molecule has 6 heteroatoms. The molecule has 2 heterocycles. The van der Waals surface area contributed by atoms with Gasteiger partial charge in [0.15, 0.2) is 0 Å². The number of thiazole rings is 1. The second-order valence-corrected chi connectivity index (χ2v) is 5.84. The lowest BCUT2D eigenvalue weighted by atomic mass is 10.2. The van der Waals surface area contributed by atoms with Crippen molar-refractivity contribution in [2.24, 2.45) is 0 Å². The number of fused-ring (bicyclic) bond motifs is 1. The molecule has 1 N–H and O–H groups in total. The summed E-state index contributed by atoms with van der Waals surface area (Å²) in [6, 6.07) is 9.81. The van der Waals surface area contributed by atoms with Gasteiger partial charge < -0.3 is 9.84 Å². The Bertz CT molecular complexity index is 678. The second-order valence-electron chi connectivity index (χ2n) is 4.81. The lowest BCUT2D eigenvalue weighted by Crippen LogP contribution is -2.37. The molecule has 1 aromatic carbocycles. The highest BCUT2D eigenvalue weighted by atomic mass is 32.1. The van der Waals surface area contributed by atoms with Crippen LogP contribution in [-0.4, -0.2) is 47.8 Å². The SMILES string of the molecule is N#C/C(=C(/O)CN1CCOCC1)c1nc2ccccc2s1.